The fourth-order valence-corrected chi connectivity index (χ4v) is 5.60. The molecule has 0 atom stereocenters. The molecule has 0 aliphatic carbocycles. The van der Waals surface area contributed by atoms with Crippen molar-refractivity contribution in [1.82, 2.24) is 9.80 Å². The maximum Gasteiger partial charge on any atom is 0.262 e. The first-order chi connectivity index (χ1) is 19.8. The third kappa shape index (κ3) is 5.30. The van der Waals surface area contributed by atoms with E-state index in [0.29, 0.717) is 56.8 Å². The number of benzene rings is 5. The van der Waals surface area contributed by atoms with Crippen molar-refractivity contribution in [2.75, 3.05) is 27.2 Å². The molecule has 1 aliphatic heterocycles. The van der Waals surface area contributed by atoms with Crippen molar-refractivity contribution in [3.05, 3.63) is 112 Å². The van der Waals surface area contributed by atoms with Crippen LogP contribution in [0.3, 0.4) is 0 Å². The van der Waals surface area contributed by atoms with Gasteiger partial charge in [0.15, 0.2) is 0 Å². The molecule has 0 spiro atoms. The zero-order chi connectivity index (χ0) is 28.7. The lowest BCUT2D eigenvalue weighted by atomic mass is 9.89. The average Bonchev–Trinajstić information content (AvgIpc) is 2.93. The monoisotopic (exact) mass is 581 g/mol. The predicted octanol–water partition coefficient (Wildman–Crippen LogP) is 8.00. The lowest BCUT2D eigenvalue weighted by Gasteiger charge is -2.29. The van der Waals surface area contributed by atoms with Gasteiger partial charge in [-0.1, -0.05) is 59.6 Å². The number of hydrogen-bond acceptors (Lipinski definition) is 5. The lowest BCUT2D eigenvalue weighted by Crippen LogP contribution is -2.43. The molecule has 0 unspecified atom stereocenters. The van der Waals surface area contributed by atoms with Crippen LogP contribution in [0.25, 0.3) is 21.5 Å². The number of amides is 2. The fraction of sp³-hybridized carbons (Fsp3) is 0.121. The molecule has 0 aromatic heterocycles. The molecule has 0 bridgehead atoms. The van der Waals surface area contributed by atoms with Crippen LogP contribution in [-0.2, 0) is 0 Å². The van der Waals surface area contributed by atoms with Crippen molar-refractivity contribution in [2.45, 2.75) is 0 Å². The third-order valence-corrected chi connectivity index (χ3v) is 7.42. The molecular formula is C33H25Cl2N3O3. The highest BCUT2D eigenvalue weighted by Crippen LogP contribution is 2.39. The summed E-state index contributed by atoms with van der Waals surface area (Å²) in [6.45, 7) is 0.894. The number of fused-ring (bicyclic) bond motifs is 2. The first-order valence-electron chi connectivity index (χ1n) is 13.1. The van der Waals surface area contributed by atoms with Crippen molar-refractivity contribution in [3.63, 3.8) is 0 Å². The summed E-state index contributed by atoms with van der Waals surface area (Å²) in [7, 11) is 3.84. The summed E-state index contributed by atoms with van der Waals surface area (Å²) in [6, 6.07) is 25.9. The van der Waals surface area contributed by atoms with Gasteiger partial charge in [0.25, 0.3) is 11.8 Å². The lowest BCUT2D eigenvalue weighted by molar-refractivity contribution is 0.0602. The zero-order valence-corrected chi connectivity index (χ0v) is 23.9. The first kappa shape index (κ1) is 27.0. The topological polar surface area (TPSA) is 62.2 Å². The summed E-state index contributed by atoms with van der Waals surface area (Å²) in [4.78, 5) is 35.2. The summed E-state index contributed by atoms with van der Waals surface area (Å²) < 4.78 is 5.96. The van der Waals surface area contributed by atoms with Gasteiger partial charge in [0, 0.05) is 45.7 Å². The summed E-state index contributed by atoms with van der Waals surface area (Å²) in [5.74, 6) is 0.610. The molecule has 6 rings (SSSR count). The first-order valence-corrected chi connectivity index (χ1v) is 13.8. The molecule has 6 nitrogen and oxygen atoms in total. The minimum atomic E-state index is -0.279. The fourth-order valence-electron chi connectivity index (χ4n) is 5.10. The average molecular weight is 582 g/mol. The van der Waals surface area contributed by atoms with Crippen molar-refractivity contribution in [2.24, 2.45) is 4.99 Å². The molecule has 0 saturated carbocycles. The highest BCUT2D eigenvalue weighted by molar-refractivity contribution is 6.35. The Balaban J connectivity index is 1.39. The van der Waals surface area contributed by atoms with E-state index in [1.807, 2.05) is 79.7 Å². The Morgan fingerprint density at radius 1 is 0.829 bits per heavy atom. The van der Waals surface area contributed by atoms with Crippen LogP contribution in [0.4, 0.5) is 5.69 Å². The predicted molar refractivity (Wildman–Crippen MR) is 166 cm³/mol. The summed E-state index contributed by atoms with van der Waals surface area (Å²) >= 11 is 12.2. The van der Waals surface area contributed by atoms with Crippen molar-refractivity contribution >= 4 is 68.5 Å². The Labute approximate surface area is 247 Å². The van der Waals surface area contributed by atoms with E-state index in [0.717, 1.165) is 21.7 Å². The van der Waals surface area contributed by atoms with Crippen LogP contribution >= 0.6 is 23.2 Å². The normalized spacial score (nSPS) is 13.2. The van der Waals surface area contributed by atoms with E-state index >= 15 is 0 Å². The number of carbonyl (C=O) groups is 2. The van der Waals surface area contributed by atoms with E-state index in [-0.39, 0.29) is 11.8 Å². The van der Waals surface area contributed by atoms with Gasteiger partial charge in [-0.3, -0.25) is 19.5 Å². The standard InChI is InChI=1S/C33H25Cl2N3O3/c1-37(2)12-13-38-32(39)27-10-4-7-21-15-28-26(31(30(21)27)33(38)40)9-5-11-29(28)36-19-20-6-3-8-24(14-20)41-25-17-22(34)16-23(35)18-25/h3-11,14-19H,12-13H2,1-2H3/b36-19-. The molecule has 0 fully saturated rings. The minimum absolute atomic E-state index is 0.259. The quantitative estimate of drug-likeness (QED) is 0.111. The Morgan fingerprint density at radius 2 is 1.59 bits per heavy atom. The molecule has 0 radical (unpaired) electrons. The largest absolute Gasteiger partial charge is 0.457 e. The van der Waals surface area contributed by atoms with Crippen molar-refractivity contribution < 1.29 is 14.3 Å². The van der Waals surface area contributed by atoms with Crippen LogP contribution in [0, 0.1) is 0 Å². The Bertz CT molecular complexity index is 1860. The van der Waals surface area contributed by atoms with E-state index in [4.69, 9.17) is 32.9 Å². The molecular weight excluding hydrogens is 557 g/mol. The Hall–Kier alpha value is -4.23. The number of ether oxygens (including phenoxy) is 1. The second-order valence-electron chi connectivity index (χ2n) is 10.1. The number of nitrogens with zero attached hydrogens (tertiary/aromatic N) is 3. The van der Waals surface area contributed by atoms with E-state index in [1.54, 1.807) is 30.5 Å². The smallest absolute Gasteiger partial charge is 0.262 e. The van der Waals surface area contributed by atoms with Crippen molar-refractivity contribution in [3.8, 4) is 11.5 Å². The van der Waals surface area contributed by atoms with Gasteiger partial charge in [0.2, 0.25) is 0 Å². The number of hydrogen-bond donors (Lipinski definition) is 0. The van der Waals surface area contributed by atoms with Crippen LogP contribution in [-0.4, -0.2) is 55.0 Å². The molecule has 41 heavy (non-hydrogen) atoms. The van der Waals surface area contributed by atoms with Gasteiger partial charge in [-0.2, -0.15) is 0 Å². The van der Waals surface area contributed by atoms with Gasteiger partial charge in [-0.15, -0.1) is 0 Å². The highest BCUT2D eigenvalue weighted by Gasteiger charge is 2.34. The van der Waals surface area contributed by atoms with Gasteiger partial charge in [-0.25, -0.2) is 0 Å². The number of halogens is 2. The third-order valence-electron chi connectivity index (χ3n) is 6.99. The van der Waals surface area contributed by atoms with Gasteiger partial charge < -0.3 is 9.64 Å². The molecule has 8 heteroatoms. The highest BCUT2D eigenvalue weighted by atomic mass is 35.5. The maximum atomic E-state index is 13.8. The molecule has 0 N–H and O–H groups in total. The number of rotatable bonds is 7. The van der Waals surface area contributed by atoms with Crippen LogP contribution < -0.4 is 4.74 Å². The second-order valence-corrected chi connectivity index (χ2v) is 11.0. The SMILES string of the molecule is CN(C)CCN1C(=O)c2cccc3cc4c(/N=C\c5cccc(Oc6cc(Cl)cc(Cl)c6)c5)cccc4c(c23)C1=O. The number of imide groups is 1. The van der Waals surface area contributed by atoms with Gasteiger partial charge in [0.05, 0.1) is 11.3 Å². The molecule has 0 saturated heterocycles. The van der Waals surface area contributed by atoms with Crippen LogP contribution in [0.1, 0.15) is 26.3 Å². The Morgan fingerprint density at radius 3 is 2.37 bits per heavy atom. The van der Waals surface area contributed by atoms with Gasteiger partial charge in [-0.05, 0) is 79.0 Å². The molecule has 5 aromatic carbocycles. The zero-order valence-electron chi connectivity index (χ0n) is 22.4. The second kappa shape index (κ2) is 11.0. The van der Waals surface area contributed by atoms with E-state index in [9.17, 15) is 9.59 Å². The molecule has 5 aromatic rings. The summed E-state index contributed by atoms with van der Waals surface area (Å²) in [6.07, 6.45) is 1.76. The van der Waals surface area contributed by atoms with E-state index in [1.165, 1.54) is 4.90 Å². The number of likely N-dealkylation sites (N-methyl/N-ethyl adjacent to an activating group) is 1. The number of aliphatic imine (C=N–C) groups is 1. The maximum absolute atomic E-state index is 13.8. The van der Waals surface area contributed by atoms with Crippen LogP contribution in [0.2, 0.25) is 10.0 Å². The van der Waals surface area contributed by atoms with Gasteiger partial charge >= 0.3 is 0 Å². The molecule has 1 aliphatic rings. The molecule has 1 heterocycles. The summed E-state index contributed by atoms with van der Waals surface area (Å²) in [5, 5.41) is 4.11. The van der Waals surface area contributed by atoms with E-state index < -0.39 is 0 Å². The van der Waals surface area contributed by atoms with Gasteiger partial charge in [0.1, 0.15) is 11.5 Å². The van der Waals surface area contributed by atoms with Crippen LogP contribution in [0.15, 0.2) is 89.9 Å². The van der Waals surface area contributed by atoms with Crippen molar-refractivity contribution in [1.29, 1.82) is 0 Å². The summed E-state index contributed by atoms with van der Waals surface area (Å²) in [5.41, 5.74) is 2.63. The van der Waals surface area contributed by atoms with Crippen LogP contribution in [0.5, 0.6) is 11.5 Å². The Kier molecular flexibility index (Phi) is 7.22. The van der Waals surface area contributed by atoms with E-state index in [2.05, 4.69) is 0 Å². The molecule has 204 valence electrons. The minimum Gasteiger partial charge on any atom is -0.457 e. The number of carbonyl (C=O) groups excluding carboxylic acids is 2. The molecule has 2 amide bonds.